The highest BCUT2D eigenvalue weighted by Crippen LogP contribution is 2.14. The smallest absolute Gasteiger partial charge is 0.237 e. The Labute approximate surface area is 116 Å². The summed E-state index contributed by atoms with van der Waals surface area (Å²) in [5.74, 6) is -0.104. The standard InChI is InChI=1S/C14H18N2O2S/c1-10(2)11(3)19(18)9-14(17)16-13-7-5-4-6-12(13)8-15/h4-7,10-11H,9H2,1-3H3,(H,16,17). The SMILES string of the molecule is CC(C)C(C)S(=O)CC(=O)Nc1ccccc1C#N. The molecule has 0 radical (unpaired) electrons. The monoisotopic (exact) mass is 278 g/mol. The summed E-state index contributed by atoms with van der Waals surface area (Å²) >= 11 is 0. The molecule has 4 nitrogen and oxygen atoms in total. The highest BCUT2D eigenvalue weighted by Gasteiger charge is 2.18. The Bertz CT molecular complexity index is 520. The molecule has 0 aliphatic rings. The van der Waals surface area contributed by atoms with Crippen molar-refractivity contribution in [2.75, 3.05) is 11.1 Å². The average Bonchev–Trinajstić information content (AvgIpc) is 2.38. The van der Waals surface area contributed by atoms with Crippen LogP contribution in [0.4, 0.5) is 5.69 Å². The molecule has 19 heavy (non-hydrogen) atoms. The lowest BCUT2D eigenvalue weighted by Gasteiger charge is -2.15. The van der Waals surface area contributed by atoms with E-state index in [2.05, 4.69) is 5.32 Å². The van der Waals surface area contributed by atoms with Gasteiger partial charge in [-0.25, -0.2) is 0 Å². The van der Waals surface area contributed by atoms with E-state index in [0.717, 1.165) is 0 Å². The molecular weight excluding hydrogens is 260 g/mol. The van der Waals surface area contributed by atoms with Crippen molar-refractivity contribution in [3.63, 3.8) is 0 Å². The number of hydrogen-bond acceptors (Lipinski definition) is 3. The molecule has 5 heteroatoms. The quantitative estimate of drug-likeness (QED) is 0.898. The third kappa shape index (κ3) is 4.49. The highest BCUT2D eigenvalue weighted by molar-refractivity contribution is 7.86. The minimum atomic E-state index is -1.20. The van der Waals surface area contributed by atoms with Crippen LogP contribution in [0.15, 0.2) is 24.3 Å². The first-order chi connectivity index (χ1) is 8.95. The van der Waals surface area contributed by atoms with Crippen molar-refractivity contribution in [1.82, 2.24) is 0 Å². The van der Waals surface area contributed by atoms with Crippen LogP contribution in [0.1, 0.15) is 26.3 Å². The van der Waals surface area contributed by atoms with E-state index in [1.54, 1.807) is 24.3 Å². The number of para-hydroxylation sites is 1. The molecule has 0 fully saturated rings. The van der Waals surface area contributed by atoms with Gasteiger partial charge in [0, 0.05) is 16.0 Å². The van der Waals surface area contributed by atoms with E-state index in [1.165, 1.54) is 0 Å². The van der Waals surface area contributed by atoms with Gasteiger partial charge in [0.15, 0.2) is 0 Å². The first-order valence-corrected chi connectivity index (χ1v) is 7.50. The molecule has 0 heterocycles. The lowest BCUT2D eigenvalue weighted by atomic mass is 10.2. The molecule has 0 aromatic heterocycles. The fourth-order valence-electron chi connectivity index (χ4n) is 1.44. The van der Waals surface area contributed by atoms with Crippen molar-refractivity contribution in [3.05, 3.63) is 29.8 Å². The predicted octanol–water partition coefficient (Wildman–Crippen LogP) is 2.29. The lowest BCUT2D eigenvalue weighted by Crippen LogP contribution is -2.27. The number of amides is 1. The van der Waals surface area contributed by atoms with Crippen LogP contribution in [0.2, 0.25) is 0 Å². The molecule has 0 saturated carbocycles. The van der Waals surface area contributed by atoms with E-state index in [9.17, 15) is 9.00 Å². The van der Waals surface area contributed by atoms with Crippen LogP contribution in [0, 0.1) is 17.2 Å². The van der Waals surface area contributed by atoms with Gasteiger partial charge in [-0.3, -0.25) is 9.00 Å². The summed E-state index contributed by atoms with van der Waals surface area (Å²) in [4.78, 5) is 11.8. The third-order valence-electron chi connectivity index (χ3n) is 2.95. The maximum Gasteiger partial charge on any atom is 0.237 e. The van der Waals surface area contributed by atoms with Gasteiger partial charge in [0.1, 0.15) is 11.8 Å². The summed E-state index contributed by atoms with van der Waals surface area (Å²) in [5.41, 5.74) is 0.864. The summed E-state index contributed by atoms with van der Waals surface area (Å²) in [6, 6.07) is 8.76. The zero-order chi connectivity index (χ0) is 14.4. The van der Waals surface area contributed by atoms with Crippen LogP contribution in [-0.2, 0) is 15.6 Å². The molecule has 2 unspecified atom stereocenters. The lowest BCUT2D eigenvalue weighted by molar-refractivity contribution is -0.113. The fraction of sp³-hybridized carbons (Fsp3) is 0.429. The highest BCUT2D eigenvalue weighted by atomic mass is 32.2. The molecule has 1 aromatic rings. The van der Waals surface area contributed by atoms with E-state index in [4.69, 9.17) is 5.26 Å². The van der Waals surface area contributed by atoms with Crippen LogP contribution < -0.4 is 5.32 Å². The molecule has 102 valence electrons. The number of hydrogen-bond donors (Lipinski definition) is 1. The van der Waals surface area contributed by atoms with Gasteiger partial charge in [-0.15, -0.1) is 0 Å². The molecule has 1 amide bonds. The van der Waals surface area contributed by atoms with Crippen molar-refractivity contribution in [3.8, 4) is 6.07 Å². The number of nitrogens with one attached hydrogen (secondary N) is 1. The fourth-order valence-corrected chi connectivity index (χ4v) is 2.64. The minimum absolute atomic E-state index is 0.0306. The molecule has 1 rings (SSSR count). The molecule has 1 aromatic carbocycles. The Morgan fingerprint density at radius 1 is 1.37 bits per heavy atom. The summed E-state index contributed by atoms with van der Waals surface area (Å²) in [5, 5.41) is 11.5. The van der Waals surface area contributed by atoms with E-state index < -0.39 is 10.8 Å². The Balaban J connectivity index is 2.66. The van der Waals surface area contributed by atoms with Crippen LogP contribution in [-0.4, -0.2) is 21.1 Å². The van der Waals surface area contributed by atoms with Crippen molar-refractivity contribution in [2.24, 2.45) is 5.92 Å². The first-order valence-electron chi connectivity index (χ1n) is 6.12. The summed E-state index contributed by atoms with van der Waals surface area (Å²) in [7, 11) is -1.20. The second-order valence-electron chi connectivity index (χ2n) is 4.68. The largest absolute Gasteiger partial charge is 0.324 e. The normalized spacial score (nSPS) is 13.6. The Morgan fingerprint density at radius 2 is 2.00 bits per heavy atom. The van der Waals surface area contributed by atoms with Crippen molar-refractivity contribution < 1.29 is 9.00 Å². The second kappa shape index (κ2) is 7.05. The van der Waals surface area contributed by atoms with Gasteiger partial charge in [0.05, 0.1) is 11.3 Å². The number of rotatable bonds is 5. The molecule has 2 atom stereocenters. The number of nitriles is 1. The van der Waals surface area contributed by atoms with Crippen LogP contribution in [0.3, 0.4) is 0 Å². The molecule has 0 aliphatic heterocycles. The van der Waals surface area contributed by atoms with Gasteiger partial charge in [0.2, 0.25) is 5.91 Å². The van der Waals surface area contributed by atoms with Crippen LogP contribution >= 0.6 is 0 Å². The predicted molar refractivity (Wildman–Crippen MR) is 77.1 cm³/mol. The molecule has 0 bridgehead atoms. The van der Waals surface area contributed by atoms with Gasteiger partial charge >= 0.3 is 0 Å². The molecule has 1 N–H and O–H groups in total. The molecule has 0 spiro atoms. The number of benzene rings is 1. The number of carbonyl (C=O) groups is 1. The Morgan fingerprint density at radius 3 is 2.58 bits per heavy atom. The van der Waals surface area contributed by atoms with E-state index in [-0.39, 0.29) is 22.8 Å². The average molecular weight is 278 g/mol. The van der Waals surface area contributed by atoms with Gasteiger partial charge in [0.25, 0.3) is 0 Å². The van der Waals surface area contributed by atoms with Crippen molar-refractivity contribution in [2.45, 2.75) is 26.0 Å². The van der Waals surface area contributed by atoms with Crippen LogP contribution in [0.25, 0.3) is 0 Å². The van der Waals surface area contributed by atoms with Gasteiger partial charge in [-0.2, -0.15) is 5.26 Å². The van der Waals surface area contributed by atoms with E-state index in [1.807, 2.05) is 26.8 Å². The van der Waals surface area contributed by atoms with E-state index >= 15 is 0 Å². The summed E-state index contributed by atoms with van der Waals surface area (Å²) in [6.07, 6.45) is 0. The third-order valence-corrected chi connectivity index (χ3v) is 4.87. The zero-order valence-corrected chi connectivity index (χ0v) is 12.2. The topological polar surface area (TPSA) is 70.0 Å². The molecular formula is C14H18N2O2S. The van der Waals surface area contributed by atoms with Gasteiger partial charge < -0.3 is 5.32 Å². The Kier molecular flexibility index (Phi) is 5.71. The molecule has 0 aliphatic carbocycles. The second-order valence-corrected chi connectivity index (χ2v) is 6.47. The number of nitrogens with zero attached hydrogens (tertiary/aromatic N) is 1. The van der Waals surface area contributed by atoms with Gasteiger partial charge in [-0.05, 0) is 18.1 Å². The van der Waals surface area contributed by atoms with Gasteiger partial charge in [-0.1, -0.05) is 32.9 Å². The summed E-state index contributed by atoms with van der Waals surface area (Å²) in [6.45, 7) is 5.83. The minimum Gasteiger partial charge on any atom is -0.324 e. The van der Waals surface area contributed by atoms with E-state index in [0.29, 0.717) is 11.3 Å². The van der Waals surface area contributed by atoms with Crippen molar-refractivity contribution >= 4 is 22.4 Å². The number of carbonyl (C=O) groups excluding carboxylic acids is 1. The maximum absolute atomic E-state index is 11.9. The zero-order valence-electron chi connectivity index (χ0n) is 11.3. The molecule has 0 saturated heterocycles. The number of anilines is 1. The van der Waals surface area contributed by atoms with Crippen LogP contribution in [0.5, 0.6) is 0 Å². The first kappa shape index (κ1) is 15.4. The van der Waals surface area contributed by atoms with Crippen molar-refractivity contribution in [1.29, 1.82) is 5.26 Å². The maximum atomic E-state index is 11.9. The summed E-state index contributed by atoms with van der Waals surface area (Å²) < 4.78 is 11.9. The Hall–Kier alpha value is -1.67.